The number of carbonyl (C=O) groups is 3. The molecule has 0 aromatic heterocycles. The summed E-state index contributed by atoms with van der Waals surface area (Å²) >= 11 is 0. The highest BCUT2D eigenvalue weighted by molar-refractivity contribution is 6.26. The minimum Gasteiger partial charge on any atom is -0.324 e. The largest absolute Gasteiger partial charge is 0.324 e. The highest BCUT2D eigenvalue weighted by Gasteiger charge is 2.74. The van der Waals surface area contributed by atoms with Crippen LogP contribution in [0.4, 0.5) is 11.4 Å². The fourth-order valence-corrected chi connectivity index (χ4v) is 6.70. The molecule has 2 aromatic carbocycles. The second-order valence-corrected chi connectivity index (χ2v) is 9.60. The molecule has 0 radical (unpaired) electrons. The number of para-hydroxylation sites is 1. The van der Waals surface area contributed by atoms with Crippen LogP contribution in [0.2, 0.25) is 0 Å². The van der Waals surface area contributed by atoms with Crippen LogP contribution in [0.5, 0.6) is 0 Å². The third kappa shape index (κ3) is 2.16. The number of imide groups is 1. The number of aryl methyl sites for hydroxylation is 3. The van der Waals surface area contributed by atoms with Crippen LogP contribution in [-0.2, 0) is 26.3 Å². The first kappa shape index (κ1) is 19.7. The number of anilines is 2. The Morgan fingerprint density at radius 3 is 2.62 bits per heavy atom. The maximum Gasteiger partial charge on any atom is 0.250 e. The van der Waals surface area contributed by atoms with Crippen molar-refractivity contribution < 1.29 is 14.4 Å². The molecule has 1 N–H and O–H groups in total. The van der Waals surface area contributed by atoms with E-state index in [-0.39, 0.29) is 23.8 Å². The monoisotopic (exact) mass is 429 g/mol. The van der Waals surface area contributed by atoms with Crippen LogP contribution in [0, 0.1) is 25.7 Å². The quantitative estimate of drug-likeness (QED) is 0.744. The van der Waals surface area contributed by atoms with Gasteiger partial charge in [-0.1, -0.05) is 31.2 Å². The summed E-state index contributed by atoms with van der Waals surface area (Å²) < 4.78 is 0. The number of rotatable bonds is 2. The highest BCUT2D eigenvalue weighted by atomic mass is 16.2. The molecule has 3 amide bonds. The van der Waals surface area contributed by atoms with E-state index >= 15 is 0 Å². The molecule has 0 bridgehead atoms. The number of nitrogens with zero attached hydrogens (tertiary/aromatic N) is 2. The van der Waals surface area contributed by atoms with Crippen molar-refractivity contribution in [2.24, 2.45) is 11.8 Å². The van der Waals surface area contributed by atoms with Gasteiger partial charge < -0.3 is 5.32 Å². The molecule has 4 aliphatic heterocycles. The predicted octanol–water partition coefficient (Wildman–Crippen LogP) is 3.30. The minimum absolute atomic E-state index is 0.0880. The zero-order chi connectivity index (χ0) is 22.4. The summed E-state index contributed by atoms with van der Waals surface area (Å²) in [4.78, 5) is 45.1. The van der Waals surface area contributed by atoms with Crippen molar-refractivity contribution in [3.8, 4) is 0 Å². The maximum absolute atomic E-state index is 14.0. The lowest BCUT2D eigenvalue weighted by Crippen LogP contribution is -2.54. The lowest BCUT2D eigenvalue weighted by Gasteiger charge is -2.36. The van der Waals surface area contributed by atoms with Crippen molar-refractivity contribution in [1.82, 2.24) is 4.90 Å². The standard InChI is InChI=1S/C26H27N3O3/c1-4-16-7-5-8-18-22(16)27-25(32)26(18)21-20(19-9-6-12-28(19)26)23(30)29(24(21)31)17-11-10-14(2)15(3)13-17/h5,7-8,10-11,13,19-21H,4,6,9,12H2,1-3H3,(H,27,32)/t19-,20+,21+,26+/m1/s1. The number of carbonyl (C=O) groups excluding carboxylic acids is 3. The van der Waals surface area contributed by atoms with Crippen LogP contribution in [0.3, 0.4) is 0 Å². The topological polar surface area (TPSA) is 69.7 Å². The van der Waals surface area contributed by atoms with Gasteiger partial charge in [0.25, 0.3) is 0 Å². The fourth-order valence-electron chi connectivity index (χ4n) is 6.70. The zero-order valence-electron chi connectivity index (χ0n) is 18.6. The second-order valence-electron chi connectivity index (χ2n) is 9.60. The Labute approximate surface area is 187 Å². The Morgan fingerprint density at radius 2 is 1.88 bits per heavy atom. The van der Waals surface area contributed by atoms with Crippen LogP contribution in [0.25, 0.3) is 0 Å². The van der Waals surface area contributed by atoms with E-state index in [1.54, 1.807) is 0 Å². The first-order valence-electron chi connectivity index (χ1n) is 11.6. The van der Waals surface area contributed by atoms with Gasteiger partial charge in [-0.2, -0.15) is 0 Å². The van der Waals surface area contributed by atoms with Crippen molar-refractivity contribution >= 4 is 29.1 Å². The summed E-state index contributed by atoms with van der Waals surface area (Å²) in [5, 5.41) is 3.12. The van der Waals surface area contributed by atoms with Gasteiger partial charge in [0.15, 0.2) is 0 Å². The normalized spacial score (nSPS) is 30.8. The molecule has 4 heterocycles. The average molecular weight is 430 g/mol. The molecule has 2 aromatic rings. The van der Waals surface area contributed by atoms with Crippen LogP contribution >= 0.6 is 0 Å². The summed E-state index contributed by atoms with van der Waals surface area (Å²) in [6.07, 6.45) is 2.55. The molecule has 1 spiro atoms. The smallest absolute Gasteiger partial charge is 0.250 e. The first-order chi connectivity index (χ1) is 15.4. The lowest BCUT2D eigenvalue weighted by atomic mass is 9.75. The Balaban J connectivity index is 1.55. The molecule has 6 rings (SSSR count). The van der Waals surface area contributed by atoms with Gasteiger partial charge in [0.05, 0.1) is 17.5 Å². The summed E-state index contributed by atoms with van der Waals surface area (Å²) in [6, 6.07) is 11.6. The molecule has 32 heavy (non-hydrogen) atoms. The van der Waals surface area contributed by atoms with Crippen molar-refractivity contribution in [2.45, 2.75) is 51.6 Å². The molecule has 0 unspecified atom stereocenters. The maximum atomic E-state index is 14.0. The average Bonchev–Trinajstić information content (AvgIpc) is 3.48. The number of benzene rings is 2. The molecule has 4 aliphatic rings. The predicted molar refractivity (Wildman–Crippen MR) is 121 cm³/mol. The molecule has 3 fully saturated rings. The first-order valence-corrected chi connectivity index (χ1v) is 11.6. The van der Waals surface area contributed by atoms with Crippen LogP contribution in [0.1, 0.15) is 42.0 Å². The van der Waals surface area contributed by atoms with Crippen LogP contribution in [-0.4, -0.2) is 35.2 Å². The summed E-state index contributed by atoms with van der Waals surface area (Å²) in [5.41, 5.74) is 4.41. The molecule has 0 aliphatic carbocycles. The van der Waals surface area contributed by atoms with E-state index in [4.69, 9.17) is 0 Å². The number of fused-ring (bicyclic) bond motifs is 7. The number of hydrogen-bond acceptors (Lipinski definition) is 4. The van der Waals surface area contributed by atoms with E-state index in [1.165, 1.54) is 4.90 Å². The van der Waals surface area contributed by atoms with Crippen molar-refractivity contribution in [3.05, 3.63) is 58.7 Å². The molecule has 3 saturated heterocycles. The molecule has 6 nitrogen and oxygen atoms in total. The van der Waals surface area contributed by atoms with Gasteiger partial charge in [0, 0.05) is 17.3 Å². The lowest BCUT2D eigenvalue weighted by molar-refractivity contribution is -0.135. The third-order valence-electron chi connectivity index (χ3n) is 8.24. The van der Waals surface area contributed by atoms with Gasteiger partial charge in [-0.3, -0.25) is 19.3 Å². The van der Waals surface area contributed by atoms with Crippen LogP contribution < -0.4 is 10.2 Å². The van der Waals surface area contributed by atoms with E-state index in [9.17, 15) is 14.4 Å². The van der Waals surface area contributed by atoms with Crippen molar-refractivity contribution in [1.29, 1.82) is 0 Å². The molecule has 6 heteroatoms. The third-order valence-corrected chi connectivity index (χ3v) is 8.24. The summed E-state index contributed by atoms with van der Waals surface area (Å²) in [5.74, 6) is -1.76. The van der Waals surface area contributed by atoms with E-state index in [2.05, 4.69) is 17.1 Å². The fraction of sp³-hybridized carbons (Fsp3) is 0.423. The van der Waals surface area contributed by atoms with Gasteiger partial charge in [-0.25, -0.2) is 4.90 Å². The van der Waals surface area contributed by atoms with Gasteiger partial charge in [0.2, 0.25) is 17.7 Å². The number of nitrogens with one attached hydrogen (secondary N) is 1. The number of hydrogen-bond donors (Lipinski definition) is 1. The van der Waals surface area contributed by atoms with Gasteiger partial charge in [-0.05, 0) is 68.5 Å². The van der Waals surface area contributed by atoms with Gasteiger partial charge in [0.1, 0.15) is 5.54 Å². The second kappa shape index (κ2) is 6.51. The van der Waals surface area contributed by atoms with E-state index in [0.717, 1.165) is 53.7 Å². The summed E-state index contributed by atoms with van der Waals surface area (Å²) in [6.45, 7) is 6.79. The highest BCUT2D eigenvalue weighted by Crippen LogP contribution is 2.61. The molecular weight excluding hydrogens is 402 g/mol. The molecule has 164 valence electrons. The van der Waals surface area contributed by atoms with Gasteiger partial charge >= 0.3 is 0 Å². The van der Waals surface area contributed by atoms with E-state index in [0.29, 0.717) is 5.69 Å². The van der Waals surface area contributed by atoms with Gasteiger partial charge in [-0.15, -0.1) is 0 Å². The Hall–Kier alpha value is -2.99. The van der Waals surface area contributed by atoms with Crippen molar-refractivity contribution in [2.75, 3.05) is 16.8 Å². The Kier molecular flexibility index (Phi) is 4.01. The van der Waals surface area contributed by atoms with E-state index < -0.39 is 17.4 Å². The minimum atomic E-state index is -1.10. The Morgan fingerprint density at radius 1 is 1.06 bits per heavy atom. The Bertz CT molecular complexity index is 1200. The summed E-state index contributed by atoms with van der Waals surface area (Å²) in [7, 11) is 0. The van der Waals surface area contributed by atoms with E-state index in [1.807, 2.05) is 50.2 Å². The SMILES string of the molecule is CCc1cccc2c1NC(=O)[C@@]21[C@@H]2C(=O)N(c3ccc(C)c(C)c3)C(=O)[C@H]2[C@H]2CCCN21. The van der Waals surface area contributed by atoms with Crippen LogP contribution in [0.15, 0.2) is 36.4 Å². The molecule has 0 saturated carbocycles. The molecular formula is C26H27N3O3. The molecule has 4 atom stereocenters. The number of amides is 3. The van der Waals surface area contributed by atoms with Crippen molar-refractivity contribution in [3.63, 3.8) is 0 Å². The zero-order valence-corrected chi connectivity index (χ0v) is 18.6.